The second kappa shape index (κ2) is 25.7. The number of amides is 1. The third-order valence-corrected chi connectivity index (χ3v) is 6.18. The van der Waals surface area contributed by atoms with Gasteiger partial charge in [-0.15, -0.1) is 16.8 Å². The molecule has 0 aliphatic carbocycles. The van der Waals surface area contributed by atoms with Crippen LogP contribution in [0, 0.1) is 10.8 Å². The molecule has 4 heterocycles. The normalized spacial score (nSPS) is 9.45. The van der Waals surface area contributed by atoms with Crippen LogP contribution < -0.4 is 16.8 Å². The fourth-order valence-electron chi connectivity index (χ4n) is 4.02. The first-order valence-corrected chi connectivity index (χ1v) is 17.1. The molecule has 0 aliphatic rings. The Labute approximate surface area is 313 Å². The van der Waals surface area contributed by atoms with E-state index in [9.17, 15) is 9.59 Å². The van der Waals surface area contributed by atoms with Crippen LogP contribution in [0.1, 0.15) is 84.4 Å². The molecule has 0 atom stereocenters. The number of amidine groups is 1. The Hall–Kier alpha value is -6.15. The van der Waals surface area contributed by atoms with Crippen molar-refractivity contribution in [3.05, 3.63) is 103 Å². The van der Waals surface area contributed by atoms with E-state index in [0.29, 0.717) is 34.4 Å². The molecule has 0 spiro atoms. The molecule has 1 aromatic carbocycles. The number of Topliss-reactive ketones (excluding diaryl/α,β-unsaturated/α-hetero) is 1. The predicted molar refractivity (Wildman–Crippen MR) is 218 cm³/mol. The lowest BCUT2D eigenvalue weighted by molar-refractivity contribution is -0.115. The molecule has 0 saturated heterocycles. The number of nitrogen functional groups attached to an aromatic ring is 1. The lowest BCUT2D eigenvalue weighted by atomic mass is 10.1. The Kier molecular flexibility index (Phi) is 22.8. The topological polar surface area (TPSA) is 219 Å². The van der Waals surface area contributed by atoms with Gasteiger partial charge >= 0.3 is 0 Å². The number of allylic oxidation sites excluding steroid dienone is 1. The van der Waals surface area contributed by atoms with Gasteiger partial charge in [-0.1, -0.05) is 44.2 Å². The number of hydrogen-bond acceptors (Lipinski definition) is 11. The molecule has 7 N–H and O–H groups in total. The Morgan fingerprint density at radius 1 is 0.962 bits per heavy atom. The van der Waals surface area contributed by atoms with Crippen molar-refractivity contribution in [2.45, 2.75) is 74.4 Å². The number of anilines is 2. The molecule has 5 rings (SSSR count). The highest BCUT2D eigenvalue weighted by Crippen LogP contribution is 2.20. The highest BCUT2D eigenvalue weighted by molar-refractivity contribution is 6.05. The molecule has 0 aliphatic heterocycles. The van der Waals surface area contributed by atoms with Crippen LogP contribution in [0.2, 0.25) is 0 Å². The standard InChI is InChI=1S/C20H18N6O.C10H15N5.C3H6O.C3H6.C2H6.CH5N/c1-13(2)26-12-22-25-19(26)16-6-3-7-18(23-16)24-20(27)15-9-8-14-5-4-10-21-17(14)11-15;1-7(2)15(6-11)10(13)8-4-3-5-9(12)14-8;1-3(2)4;1-3-2;2*1-2/h3-13H,1-2H3,(H,23,24,27);3-7,11,13H,1-2H3,(H2,12,14);1-2H3;3H,1H2,2H3;1-2H3;2H2,1H3. The van der Waals surface area contributed by atoms with Crippen LogP contribution in [0.25, 0.3) is 22.4 Å². The van der Waals surface area contributed by atoms with Gasteiger partial charge in [0.2, 0.25) is 0 Å². The average Bonchev–Trinajstić information content (AvgIpc) is 3.65. The minimum Gasteiger partial charge on any atom is -0.384 e. The number of pyridine rings is 3. The zero-order chi connectivity index (χ0) is 40.5. The molecule has 1 amide bonds. The van der Waals surface area contributed by atoms with Gasteiger partial charge in [0.1, 0.15) is 35.1 Å². The summed E-state index contributed by atoms with van der Waals surface area (Å²) in [4.78, 5) is 36.4. The molecule has 0 saturated carbocycles. The predicted octanol–water partition coefficient (Wildman–Crippen LogP) is 7.42. The molecule has 0 fully saturated rings. The summed E-state index contributed by atoms with van der Waals surface area (Å²) in [6.07, 6.45) is 6.26. The molecule has 0 bridgehead atoms. The number of rotatable bonds is 7. The lowest BCUT2D eigenvalue weighted by Gasteiger charge is -2.23. The maximum Gasteiger partial charge on any atom is 0.256 e. The van der Waals surface area contributed by atoms with Crippen molar-refractivity contribution in [1.82, 2.24) is 34.6 Å². The second-order valence-electron chi connectivity index (χ2n) is 11.2. The third-order valence-electron chi connectivity index (χ3n) is 6.18. The van der Waals surface area contributed by atoms with Crippen LogP contribution in [-0.4, -0.2) is 71.6 Å². The molecule has 0 radical (unpaired) electrons. The molecule has 14 heteroatoms. The zero-order valence-electron chi connectivity index (χ0n) is 32.6. The van der Waals surface area contributed by atoms with Crippen molar-refractivity contribution in [1.29, 1.82) is 10.8 Å². The summed E-state index contributed by atoms with van der Waals surface area (Å²) in [6.45, 7) is 20.2. The van der Waals surface area contributed by atoms with Crippen molar-refractivity contribution in [3.8, 4) is 11.5 Å². The van der Waals surface area contributed by atoms with E-state index in [1.165, 1.54) is 25.8 Å². The number of nitrogens with one attached hydrogen (secondary N) is 3. The monoisotopic (exact) mass is 724 g/mol. The van der Waals surface area contributed by atoms with Gasteiger partial charge in [-0.05, 0) is 98.0 Å². The van der Waals surface area contributed by atoms with E-state index in [1.807, 2.05) is 83.4 Å². The molecule has 14 nitrogen and oxygen atoms in total. The largest absolute Gasteiger partial charge is 0.384 e. The Morgan fingerprint density at radius 2 is 1.58 bits per heavy atom. The molecule has 53 heavy (non-hydrogen) atoms. The number of carbonyl (C=O) groups excluding carboxylic acids is 2. The molecule has 0 unspecified atom stereocenters. The van der Waals surface area contributed by atoms with E-state index in [4.69, 9.17) is 16.6 Å². The van der Waals surface area contributed by atoms with E-state index in [-0.39, 0.29) is 29.6 Å². The summed E-state index contributed by atoms with van der Waals surface area (Å²) >= 11 is 0. The Morgan fingerprint density at radius 3 is 2.15 bits per heavy atom. The number of nitrogens with two attached hydrogens (primary N) is 2. The first-order chi connectivity index (χ1) is 25.3. The fraction of sp³-hybridized carbons (Fsp3) is 0.308. The highest BCUT2D eigenvalue weighted by atomic mass is 16.1. The maximum atomic E-state index is 12.6. The zero-order valence-corrected chi connectivity index (χ0v) is 32.6. The third kappa shape index (κ3) is 16.2. The first kappa shape index (κ1) is 46.9. The van der Waals surface area contributed by atoms with Crippen molar-refractivity contribution in [2.24, 2.45) is 5.73 Å². The van der Waals surface area contributed by atoms with Crippen LogP contribution in [0.15, 0.2) is 91.9 Å². The second-order valence-corrected chi connectivity index (χ2v) is 11.2. The summed E-state index contributed by atoms with van der Waals surface area (Å²) in [6, 6.07) is 20.1. The molecular formula is C39H56N12O2. The number of nitrogens with zero attached hydrogens (tertiary/aromatic N) is 7. The molecule has 4 aromatic heterocycles. The molecule has 284 valence electrons. The van der Waals surface area contributed by atoms with Crippen LogP contribution >= 0.6 is 0 Å². The van der Waals surface area contributed by atoms with Gasteiger partial charge in [-0.25, -0.2) is 9.97 Å². The van der Waals surface area contributed by atoms with Gasteiger partial charge in [0, 0.05) is 29.2 Å². The first-order valence-electron chi connectivity index (χ1n) is 17.1. The number of fused-ring (bicyclic) bond motifs is 1. The van der Waals surface area contributed by atoms with Gasteiger partial charge in [0.25, 0.3) is 5.91 Å². The lowest BCUT2D eigenvalue weighted by Crippen LogP contribution is -2.36. The van der Waals surface area contributed by atoms with E-state index in [0.717, 1.165) is 17.2 Å². The van der Waals surface area contributed by atoms with E-state index < -0.39 is 0 Å². The van der Waals surface area contributed by atoms with Crippen molar-refractivity contribution in [2.75, 3.05) is 18.1 Å². The van der Waals surface area contributed by atoms with E-state index >= 15 is 0 Å². The number of ketones is 1. The van der Waals surface area contributed by atoms with Gasteiger partial charge in [-0.2, -0.15) is 0 Å². The SMILES string of the molecule is C=CC.CC.CC(C)=O.CC(C)N(C=N)C(=N)c1cccc(N)n1.CC(C)n1cnnc1-c1cccc(NC(=O)c2ccc3cccnc3c2)n1.CN. The molecule has 5 aromatic rings. The van der Waals surface area contributed by atoms with Crippen molar-refractivity contribution in [3.63, 3.8) is 0 Å². The van der Waals surface area contributed by atoms with Gasteiger partial charge < -0.3 is 31.0 Å². The number of aromatic nitrogens is 6. The summed E-state index contributed by atoms with van der Waals surface area (Å²) in [5, 5.41) is 27.0. The van der Waals surface area contributed by atoms with Gasteiger partial charge in [-0.3, -0.25) is 20.6 Å². The maximum absolute atomic E-state index is 12.6. The Balaban J connectivity index is 0.000000878. The van der Waals surface area contributed by atoms with Gasteiger partial charge in [0.15, 0.2) is 11.7 Å². The quantitative estimate of drug-likeness (QED) is 0.0635. The summed E-state index contributed by atoms with van der Waals surface area (Å²) in [5.74, 6) is 1.61. The van der Waals surface area contributed by atoms with E-state index in [2.05, 4.69) is 42.8 Å². The minimum absolute atomic E-state index is 0.0539. The summed E-state index contributed by atoms with van der Waals surface area (Å²) in [7, 11) is 1.50. The number of hydrogen-bond donors (Lipinski definition) is 5. The van der Waals surface area contributed by atoms with E-state index in [1.54, 1.807) is 55.0 Å². The molecular weight excluding hydrogens is 669 g/mol. The van der Waals surface area contributed by atoms with Crippen LogP contribution in [-0.2, 0) is 4.79 Å². The summed E-state index contributed by atoms with van der Waals surface area (Å²) in [5.41, 5.74) is 12.5. The number of carbonyl (C=O) groups is 2. The van der Waals surface area contributed by atoms with Crippen LogP contribution in [0.5, 0.6) is 0 Å². The Bertz CT molecular complexity index is 1860. The van der Waals surface area contributed by atoms with Crippen molar-refractivity contribution < 1.29 is 9.59 Å². The van der Waals surface area contributed by atoms with Crippen LogP contribution in [0.3, 0.4) is 0 Å². The van der Waals surface area contributed by atoms with Crippen LogP contribution in [0.4, 0.5) is 11.6 Å². The van der Waals surface area contributed by atoms with Crippen molar-refractivity contribution >= 4 is 46.4 Å². The fourth-order valence-corrected chi connectivity index (χ4v) is 4.02. The highest BCUT2D eigenvalue weighted by Gasteiger charge is 2.15. The minimum atomic E-state index is -0.238. The summed E-state index contributed by atoms with van der Waals surface area (Å²) < 4.78 is 1.93. The smallest absolute Gasteiger partial charge is 0.256 e. The number of benzene rings is 1. The van der Waals surface area contributed by atoms with Gasteiger partial charge in [0.05, 0.1) is 11.9 Å². The average molecular weight is 725 g/mol.